The largest absolute Gasteiger partial charge is 0.515 e. The van der Waals surface area contributed by atoms with E-state index in [4.69, 9.17) is 16.7 Å². The van der Waals surface area contributed by atoms with Crippen LogP contribution in [0.2, 0.25) is 0 Å². The predicted octanol–water partition coefficient (Wildman–Crippen LogP) is 2.30. The third-order valence-electron chi connectivity index (χ3n) is 1.75. The summed E-state index contributed by atoms with van der Waals surface area (Å²) in [6.07, 6.45) is 4.10. The molecule has 1 N–H and O–H groups in total. The van der Waals surface area contributed by atoms with Crippen molar-refractivity contribution >= 4 is 17.9 Å². The SMILES string of the molecule is O=CC1=C(Cl)/C(=C\O)CCC1. The minimum atomic E-state index is 0.425. The molecule has 0 atom stereocenters. The Bertz CT molecular complexity index is 228. The standard InChI is InChI=1S/C8H9ClO2/c9-8-6(4-10)2-1-3-7(8)5-11/h4-5,10H,1-3H2/b6-4-. The molecule has 0 amide bonds. The van der Waals surface area contributed by atoms with Crippen LogP contribution in [0.15, 0.2) is 22.4 Å². The van der Waals surface area contributed by atoms with Gasteiger partial charge in [-0.15, -0.1) is 0 Å². The van der Waals surface area contributed by atoms with E-state index < -0.39 is 0 Å². The molecule has 0 radical (unpaired) electrons. The van der Waals surface area contributed by atoms with Crippen molar-refractivity contribution in [2.75, 3.05) is 0 Å². The van der Waals surface area contributed by atoms with Crippen molar-refractivity contribution in [3.8, 4) is 0 Å². The van der Waals surface area contributed by atoms with Crippen LogP contribution in [0, 0.1) is 0 Å². The van der Waals surface area contributed by atoms with E-state index in [0.717, 1.165) is 31.8 Å². The zero-order valence-electron chi connectivity index (χ0n) is 6.01. The first kappa shape index (κ1) is 8.34. The third kappa shape index (κ3) is 1.63. The quantitative estimate of drug-likeness (QED) is 0.487. The number of allylic oxidation sites excluding steroid dienone is 3. The second-order valence-corrected chi connectivity index (χ2v) is 2.84. The van der Waals surface area contributed by atoms with Crippen molar-refractivity contribution in [1.82, 2.24) is 0 Å². The first-order chi connectivity index (χ1) is 5.29. The molecule has 0 unspecified atom stereocenters. The van der Waals surface area contributed by atoms with E-state index in [1.807, 2.05) is 0 Å². The predicted molar refractivity (Wildman–Crippen MR) is 43.5 cm³/mol. The minimum absolute atomic E-state index is 0.425. The molecular formula is C8H9ClO2. The number of carbonyl (C=O) groups is 1. The van der Waals surface area contributed by atoms with Gasteiger partial charge >= 0.3 is 0 Å². The van der Waals surface area contributed by atoms with Gasteiger partial charge in [0.25, 0.3) is 0 Å². The lowest BCUT2D eigenvalue weighted by atomic mass is 9.96. The van der Waals surface area contributed by atoms with E-state index in [2.05, 4.69) is 0 Å². The summed E-state index contributed by atoms with van der Waals surface area (Å²) in [6.45, 7) is 0. The van der Waals surface area contributed by atoms with Crippen LogP contribution in [0.25, 0.3) is 0 Å². The number of hydrogen-bond acceptors (Lipinski definition) is 2. The molecule has 0 saturated heterocycles. The highest BCUT2D eigenvalue weighted by atomic mass is 35.5. The number of carbonyl (C=O) groups excluding carboxylic acids is 1. The molecule has 3 heteroatoms. The fourth-order valence-electron chi connectivity index (χ4n) is 1.13. The van der Waals surface area contributed by atoms with Crippen molar-refractivity contribution in [3.63, 3.8) is 0 Å². The lowest BCUT2D eigenvalue weighted by Gasteiger charge is -2.13. The van der Waals surface area contributed by atoms with Crippen molar-refractivity contribution in [2.24, 2.45) is 0 Å². The zero-order chi connectivity index (χ0) is 8.27. The van der Waals surface area contributed by atoms with Crippen LogP contribution in [-0.4, -0.2) is 11.4 Å². The second-order valence-electron chi connectivity index (χ2n) is 2.46. The Hall–Kier alpha value is -0.760. The average molecular weight is 173 g/mol. The Morgan fingerprint density at radius 3 is 2.73 bits per heavy atom. The molecule has 0 bridgehead atoms. The summed E-state index contributed by atoms with van der Waals surface area (Å²) >= 11 is 5.77. The Morgan fingerprint density at radius 1 is 1.45 bits per heavy atom. The minimum Gasteiger partial charge on any atom is -0.515 e. The molecule has 11 heavy (non-hydrogen) atoms. The summed E-state index contributed by atoms with van der Waals surface area (Å²) in [6, 6.07) is 0. The number of aliphatic hydroxyl groups is 1. The summed E-state index contributed by atoms with van der Waals surface area (Å²) in [5, 5.41) is 9.10. The molecule has 0 aromatic carbocycles. The van der Waals surface area contributed by atoms with Gasteiger partial charge in [0.15, 0.2) is 0 Å². The van der Waals surface area contributed by atoms with Gasteiger partial charge in [-0.05, 0) is 19.3 Å². The highest BCUT2D eigenvalue weighted by Gasteiger charge is 2.14. The van der Waals surface area contributed by atoms with Gasteiger partial charge in [0.1, 0.15) is 6.29 Å². The summed E-state index contributed by atoms with van der Waals surface area (Å²) in [5.41, 5.74) is 1.26. The average Bonchev–Trinajstić information content (AvgIpc) is 2.05. The summed E-state index contributed by atoms with van der Waals surface area (Å²) < 4.78 is 0. The molecule has 0 aliphatic heterocycles. The number of aliphatic hydroxyl groups excluding tert-OH is 1. The molecule has 0 saturated carbocycles. The van der Waals surface area contributed by atoms with Crippen LogP contribution in [0.5, 0.6) is 0 Å². The van der Waals surface area contributed by atoms with Crippen molar-refractivity contribution in [1.29, 1.82) is 0 Å². The van der Waals surface area contributed by atoms with Crippen LogP contribution < -0.4 is 0 Å². The van der Waals surface area contributed by atoms with Crippen LogP contribution >= 0.6 is 11.6 Å². The van der Waals surface area contributed by atoms with E-state index >= 15 is 0 Å². The van der Waals surface area contributed by atoms with E-state index in [0.29, 0.717) is 16.2 Å². The Labute approximate surface area is 70.2 Å². The lowest BCUT2D eigenvalue weighted by Crippen LogP contribution is -2.00. The third-order valence-corrected chi connectivity index (χ3v) is 2.24. The number of aldehydes is 1. The second kappa shape index (κ2) is 3.58. The molecule has 0 fully saturated rings. The summed E-state index contributed by atoms with van der Waals surface area (Å²) in [5.74, 6) is 0. The van der Waals surface area contributed by atoms with Gasteiger partial charge in [-0.2, -0.15) is 0 Å². The monoisotopic (exact) mass is 172 g/mol. The first-order valence-corrected chi connectivity index (χ1v) is 3.85. The summed E-state index contributed by atoms with van der Waals surface area (Å²) in [7, 11) is 0. The normalized spacial score (nSPS) is 22.5. The zero-order valence-corrected chi connectivity index (χ0v) is 6.77. The Kier molecular flexibility index (Phi) is 2.71. The van der Waals surface area contributed by atoms with Gasteiger partial charge in [-0.1, -0.05) is 11.6 Å². The van der Waals surface area contributed by atoms with Gasteiger partial charge in [0.05, 0.1) is 11.3 Å². The Morgan fingerprint density at radius 2 is 2.18 bits per heavy atom. The molecule has 0 aromatic heterocycles. The van der Waals surface area contributed by atoms with Crippen molar-refractivity contribution < 1.29 is 9.90 Å². The van der Waals surface area contributed by atoms with Gasteiger partial charge in [-0.25, -0.2) is 0 Å². The molecule has 0 aromatic rings. The Balaban J connectivity index is 2.97. The smallest absolute Gasteiger partial charge is 0.147 e. The molecule has 60 valence electrons. The molecule has 1 rings (SSSR count). The van der Waals surface area contributed by atoms with E-state index in [9.17, 15) is 4.79 Å². The van der Waals surface area contributed by atoms with Crippen molar-refractivity contribution in [2.45, 2.75) is 19.3 Å². The molecule has 0 spiro atoms. The van der Waals surface area contributed by atoms with Gasteiger partial charge in [0, 0.05) is 11.1 Å². The highest BCUT2D eigenvalue weighted by molar-refractivity contribution is 6.33. The molecule has 0 heterocycles. The number of halogens is 1. The topological polar surface area (TPSA) is 37.3 Å². The summed E-state index contributed by atoms with van der Waals surface area (Å²) in [4.78, 5) is 10.4. The van der Waals surface area contributed by atoms with Gasteiger partial charge in [0.2, 0.25) is 0 Å². The van der Waals surface area contributed by atoms with Crippen LogP contribution in [-0.2, 0) is 4.79 Å². The molecular weight excluding hydrogens is 164 g/mol. The van der Waals surface area contributed by atoms with Crippen LogP contribution in [0.3, 0.4) is 0 Å². The molecule has 1 aliphatic rings. The maximum absolute atomic E-state index is 10.4. The van der Waals surface area contributed by atoms with Crippen molar-refractivity contribution in [3.05, 3.63) is 22.4 Å². The first-order valence-electron chi connectivity index (χ1n) is 3.47. The number of rotatable bonds is 1. The van der Waals surface area contributed by atoms with E-state index in [-0.39, 0.29) is 0 Å². The fourth-order valence-corrected chi connectivity index (χ4v) is 1.41. The lowest BCUT2D eigenvalue weighted by molar-refractivity contribution is -0.105. The van der Waals surface area contributed by atoms with Crippen LogP contribution in [0.1, 0.15) is 19.3 Å². The van der Waals surface area contributed by atoms with E-state index in [1.54, 1.807) is 0 Å². The highest BCUT2D eigenvalue weighted by Crippen LogP contribution is 2.30. The van der Waals surface area contributed by atoms with Gasteiger partial charge < -0.3 is 5.11 Å². The van der Waals surface area contributed by atoms with Crippen LogP contribution in [0.4, 0.5) is 0 Å². The maximum Gasteiger partial charge on any atom is 0.147 e. The van der Waals surface area contributed by atoms with Gasteiger partial charge in [-0.3, -0.25) is 4.79 Å². The fraction of sp³-hybridized carbons (Fsp3) is 0.375. The molecule has 2 nitrogen and oxygen atoms in total. The molecule has 1 aliphatic carbocycles. The van der Waals surface area contributed by atoms with E-state index in [1.165, 1.54) is 0 Å². The maximum atomic E-state index is 10.4. The number of hydrogen-bond donors (Lipinski definition) is 1.